The SMILES string of the molecule is CC(C)C(NCc1ccccc1F)C(N)=O. The highest BCUT2D eigenvalue weighted by Gasteiger charge is 2.18. The highest BCUT2D eigenvalue weighted by molar-refractivity contribution is 5.80. The maximum Gasteiger partial charge on any atom is 0.234 e. The number of benzene rings is 1. The number of amides is 1. The number of hydrogen-bond acceptors (Lipinski definition) is 2. The Morgan fingerprint density at radius 1 is 1.44 bits per heavy atom. The maximum absolute atomic E-state index is 13.3. The summed E-state index contributed by atoms with van der Waals surface area (Å²) in [5, 5.41) is 2.96. The smallest absolute Gasteiger partial charge is 0.234 e. The summed E-state index contributed by atoms with van der Waals surface area (Å²) in [6, 6.07) is 6.04. The summed E-state index contributed by atoms with van der Waals surface area (Å²) in [7, 11) is 0. The van der Waals surface area contributed by atoms with Crippen molar-refractivity contribution < 1.29 is 9.18 Å². The zero-order valence-electron chi connectivity index (χ0n) is 9.53. The second-order valence-electron chi connectivity index (χ2n) is 4.10. The van der Waals surface area contributed by atoms with Gasteiger partial charge in [0.05, 0.1) is 6.04 Å². The van der Waals surface area contributed by atoms with Crippen LogP contribution in [0.1, 0.15) is 19.4 Å². The van der Waals surface area contributed by atoms with Gasteiger partial charge in [-0.25, -0.2) is 4.39 Å². The number of hydrogen-bond donors (Lipinski definition) is 2. The van der Waals surface area contributed by atoms with Crippen molar-refractivity contribution in [2.24, 2.45) is 11.7 Å². The van der Waals surface area contributed by atoms with E-state index in [-0.39, 0.29) is 11.7 Å². The molecule has 4 heteroatoms. The van der Waals surface area contributed by atoms with Crippen molar-refractivity contribution in [3.8, 4) is 0 Å². The van der Waals surface area contributed by atoms with Gasteiger partial charge < -0.3 is 11.1 Å². The second kappa shape index (κ2) is 5.61. The molecule has 3 nitrogen and oxygen atoms in total. The Morgan fingerprint density at radius 2 is 2.06 bits per heavy atom. The van der Waals surface area contributed by atoms with Gasteiger partial charge in [0, 0.05) is 12.1 Å². The summed E-state index contributed by atoms with van der Waals surface area (Å²) >= 11 is 0. The summed E-state index contributed by atoms with van der Waals surface area (Å²) in [6.45, 7) is 4.09. The van der Waals surface area contributed by atoms with Crippen LogP contribution in [0.3, 0.4) is 0 Å². The van der Waals surface area contributed by atoms with E-state index in [1.54, 1.807) is 18.2 Å². The fourth-order valence-corrected chi connectivity index (χ4v) is 1.53. The molecule has 0 aliphatic rings. The molecule has 0 fully saturated rings. The quantitative estimate of drug-likeness (QED) is 0.794. The Morgan fingerprint density at radius 3 is 2.56 bits per heavy atom. The molecule has 0 aromatic heterocycles. The van der Waals surface area contributed by atoms with Crippen LogP contribution in [0.2, 0.25) is 0 Å². The molecular formula is C12H17FN2O. The van der Waals surface area contributed by atoms with Crippen LogP contribution in [0.15, 0.2) is 24.3 Å². The molecule has 0 aliphatic heterocycles. The van der Waals surface area contributed by atoms with Crippen LogP contribution in [-0.2, 0) is 11.3 Å². The molecule has 88 valence electrons. The zero-order valence-corrected chi connectivity index (χ0v) is 9.53. The van der Waals surface area contributed by atoms with Crippen molar-refractivity contribution in [2.45, 2.75) is 26.4 Å². The summed E-state index contributed by atoms with van der Waals surface area (Å²) in [6.07, 6.45) is 0. The topological polar surface area (TPSA) is 55.1 Å². The van der Waals surface area contributed by atoms with E-state index in [1.165, 1.54) is 6.07 Å². The molecule has 3 N–H and O–H groups in total. The molecule has 0 aliphatic carbocycles. The fourth-order valence-electron chi connectivity index (χ4n) is 1.53. The van der Waals surface area contributed by atoms with E-state index >= 15 is 0 Å². The van der Waals surface area contributed by atoms with Crippen molar-refractivity contribution in [3.05, 3.63) is 35.6 Å². The van der Waals surface area contributed by atoms with Gasteiger partial charge in [-0.2, -0.15) is 0 Å². The highest BCUT2D eigenvalue weighted by Crippen LogP contribution is 2.08. The molecule has 1 aromatic carbocycles. The van der Waals surface area contributed by atoms with Crippen LogP contribution < -0.4 is 11.1 Å². The summed E-state index contributed by atoms with van der Waals surface area (Å²) in [5.41, 5.74) is 5.78. The van der Waals surface area contributed by atoms with Crippen molar-refractivity contribution >= 4 is 5.91 Å². The first kappa shape index (κ1) is 12.6. The zero-order chi connectivity index (χ0) is 12.1. The van der Waals surface area contributed by atoms with E-state index in [4.69, 9.17) is 5.73 Å². The molecule has 1 aromatic rings. The van der Waals surface area contributed by atoms with Gasteiger partial charge in [-0.05, 0) is 12.0 Å². The van der Waals surface area contributed by atoms with E-state index in [0.717, 1.165) is 0 Å². The number of nitrogens with one attached hydrogen (secondary N) is 1. The van der Waals surface area contributed by atoms with E-state index < -0.39 is 11.9 Å². The predicted molar refractivity (Wildman–Crippen MR) is 61.1 cm³/mol. The number of halogens is 1. The average molecular weight is 224 g/mol. The van der Waals surface area contributed by atoms with Crippen LogP contribution in [0, 0.1) is 11.7 Å². The van der Waals surface area contributed by atoms with Gasteiger partial charge in [0.1, 0.15) is 5.82 Å². The largest absolute Gasteiger partial charge is 0.368 e. The first-order valence-corrected chi connectivity index (χ1v) is 5.28. The molecular weight excluding hydrogens is 207 g/mol. The van der Waals surface area contributed by atoms with Crippen molar-refractivity contribution in [3.63, 3.8) is 0 Å². The van der Waals surface area contributed by atoms with Crippen LogP contribution >= 0.6 is 0 Å². The minimum atomic E-state index is -0.431. The van der Waals surface area contributed by atoms with Gasteiger partial charge in [0.25, 0.3) is 0 Å². The molecule has 0 radical (unpaired) electrons. The third kappa shape index (κ3) is 3.31. The van der Waals surface area contributed by atoms with Gasteiger partial charge >= 0.3 is 0 Å². The number of carbonyl (C=O) groups is 1. The lowest BCUT2D eigenvalue weighted by Gasteiger charge is -2.19. The first-order valence-electron chi connectivity index (χ1n) is 5.28. The third-order valence-electron chi connectivity index (χ3n) is 2.44. The molecule has 1 rings (SSSR count). The molecule has 16 heavy (non-hydrogen) atoms. The highest BCUT2D eigenvalue weighted by atomic mass is 19.1. The molecule has 0 saturated carbocycles. The molecule has 1 amide bonds. The summed E-state index contributed by atoms with van der Waals surface area (Å²) in [5.74, 6) is -0.599. The molecule has 0 heterocycles. The van der Waals surface area contributed by atoms with Gasteiger partial charge in [0.2, 0.25) is 5.91 Å². The van der Waals surface area contributed by atoms with E-state index in [2.05, 4.69) is 5.32 Å². The first-order chi connectivity index (χ1) is 7.52. The number of nitrogens with two attached hydrogens (primary N) is 1. The summed E-state index contributed by atoms with van der Waals surface area (Å²) < 4.78 is 13.3. The van der Waals surface area contributed by atoms with E-state index in [1.807, 2.05) is 13.8 Å². The third-order valence-corrected chi connectivity index (χ3v) is 2.44. The normalized spacial score (nSPS) is 12.8. The lowest BCUT2D eigenvalue weighted by Crippen LogP contribution is -2.44. The van der Waals surface area contributed by atoms with Crippen LogP contribution in [0.5, 0.6) is 0 Å². The lowest BCUT2D eigenvalue weighted by molar-refractivity contribution is -0.121. The van der Waals surface area contributed by atoms with E-state index in [0.29, 0.717) is 12.1 Å². The molecule has 0 spiro atoms. The van der Waals surface area contributed by atoms with E-state index in [9.17, 15) is 9.18 Å². The van der Waals surface area contributed by atoms with Crippen LogP contribution in [0.25, 0.3) is 0 Å². The number of rotatable bonds is 5. The monoisotopic (exact) mass is 224 g/mol. The molecule has 0 bridgehead atoms. The van der Waals surface area contributed by atoms with Crippen molar-refractivity contribution in [2.75, 3.05) is 0 Å². The van der Waals surface area contributed by atoms with Crippen molar-refractivity contribution in [1.82, 2.24) is 5.32 Å². The predicted octanol–water partition coefficient (Wildman–Crippen LogP) is 1.43. The van der Waals surface area contributed by atoms with Gasteiger partial charge in [-0.1, -0.05) is 32.0 Å². The van der Waals surface area contributed by atoms with Gasteiger partial charge in [-0.15, -0.1) is 0 Å². The Balaban J connectivity index is 2.63. The Kier molecular flexibility index (Phi) is 4.43. The van der Waals surface area contributed by atoms with Crippen molar-refractivity contribution in [1.29, 1.82) is 0 Å². The van der Waals surface area contributed by atoms with Gasteiger partial charge in [-0.3, -0.25) is 4.79 Å². The standard InChI is InChI=1S/C12H17FN2O/c1-8(2)11(12(14)16)15-7-9-5-3-4-6-10(9)13/h3-6,8,11,15H,7H2,1-2H3,(H2,14,16). The molecule has 1 atom stereocenters. The maximum atomic E-state index is 13.3. The average Bonchev–Trinajstić information content (AvgIpc) is 2.20. The molecule has 1 unspecified atom stereocenters. The lowest BCUT2D eigenvalue weighted by atomic mass is 10.0. The Labute approximate surface area is 94.8 Å². The minimum Gasteiger partial charge on any atom is -0.368 e. The number of carbonyl (C=O) groups excluding carboxylic acids is 1. The summed E-state index contributed by atoms with van der Waals surface area (Å²) in [4.78, 5) is 11.1. The van der Waals surface area contributed by atoms with Crippen LogP contribution in [0.4, 0.5) is 4.39 Å². The van der Waals surface area contributed by atoms with Crippen LogP contribution in [-0.4, -0.2) is 11.9 Å². The Bertz CT molecular complexity index is 366. The molecule has 0 saturated heterocycles. The minimum absolute atomic E-state index is 0.0873. The Hall–Kier alpha value is -1.42. The second-order valence-corrected chi connectivity index (χ2v) is 4.10. The van der Waals surface area contributed by atoms with Gasteiger partial charge in [0.15, 0.2) is 0 Å². The number of primary amides is 1. The fraction of sp³-hybridized carbons (Fsp3) is 0.417.